The minimum Gasteiger partial charge on any atom is -0.369 e. The SMILES string of the molecule is O=C(CN1CCN(c2cccc(Cl)c2)CC1)Nc1nc2ccccc2s1. The quantitative estimate of drug-likeness (QED) is 0.742. The number of piperazine rings is 1. The van der Waals surface area contributed by atoms with Gasteiger partial charge in [0.2, 0.25) is 5.91 Å². The van der Waals surface area contributed by atoms with Crippen LogP contribution in [0, 0.1) is 0 Å². The Kier molecular flexibility index (Phi) is 5.06. The third kappa shape index (κ3) is 3.98. The van der Waals surface area contributed by atoms with Gasteiger partial charge in [-0.15, -0.1) is 0 Å². The second kappa shape index (κ2) is 7.61. The molecule has 1 N–H and O–H groups in total. The van der Waals surface area contributed by atoms with E-state index in [-0.39, 0.29) is 5.91 Å². The molecule has 2 heterocycles. The Labute approximate surface area is 161 Å². The summed E-state index contributed by atoms with van der Waals surface area (Å²) in [5.74, 6) is -0.0136. The number of amides is 1. The van der Waals surface area contributed by atoms with Crippen LogP contribution in [0.4, 0.5) is 10.8 Å². The van der Waals surface area contributed by atoms with Gasteiger partial charge in [0.1, 0.15) is 0 Å². The van der Waals surface area contributed by atoms with Crippen LogP contribution < -0.4 is 10.2 Å². The number of nitrogens with one attached hydrogen (secondary N) is 1. The molecule has 0 unspecified atom stereocenters. The van der Waals surface area contributed by atoms with Gasteiger partial charge in [0.05, 0.1) is 16.8 Å². The average molecular weight is 387 g/mol. The molecule has 1 amide bonds. The van der Waals surface area contributed by atoms with Gasteiger partial charge < -0.3 is 10.2 Å². The van der Waals surface area contributed by atoms with Gasteiger partial charge in [-0.3, -0.25) is 9.69 Å². The zero-order valence-corrected chi connectivity index (χ0v) is 15.8. The lowest BCUT2D eigenvalue weighted by molar-refractivity contribution is -0.117. The number of thiazole rings is 1. The summed E-state index contributed by atoms with van der Waals surface area (Å²) >= 11 is 7.58. The highest BCUT2D eigenvalue weighted by Crippen LogP contribution is 2.25. The van der Waals surface area contributed by atoms with Gasteiger partial charge in [0.15, 0.2) is 5.13 Å². The largest absolute Gasteiger partial charge is 0.369 e. The molecule has 1 fully saturated rings. The van der Waals surface area contributed by atoms with Crippen LogP contribution in [0.1, 0.15) is 0 Å². The molecule has 0 atom stereocenters. The number of halogens is 1. The molecule has 1 saturated heterocycles. The molecule has 26 heavy (non-hydrogen) atoms. The Morgan fingerprint density at radius 1 is 1.12 bits per heavy atom. The molecule has 4 rings (SSSR count). The number of aromatic nitrogens is 1. The van der Waals surface area contributed by atoms with Crippen LogP contribution in [0.15, 0.2) is 48.5 Å². The molecule has 1 aliphatic rings. The number of hydrogen-bond acceptors (Lipinski definition) is 5. The molecule has 0 aliphatic carbocycles. The average Bonchev–Trinajstić information content (AvgIpc) is 3.04. The second-order valence-corrected chi connectivity index (χ2v) is 7.75. The van der Waals surface area contributed by atoms with Crippen molar-refractivity contribution in [3.63, 3.8) is 0 Å². The highest BCUT2D eigenvalue weighted by atomic mass is 35.5. The Morgan fingerprint density at radius 3 is 2.69 bits per heavy atom. The van der Waals surface area contributed by atoms with E-state index in [0.717, 1.165) is 47.1 Å². The van der Waals surface area contributed by atoms with Crippen LogP contribution >= 0.6 is 22.9 Å². The van der Waals surface area contributed by atoms with Gasteiger partial charge in [-0.1, -0.05) is 41.1 Å². The minimum atomic E-state index is -0.0136. The molecule has 3 aromatic rings. The number of rotatable bonds is 4. The summed E-state index contributed by atoms with van der Waals surface area (Å²) in [6.07, 6.45) is 0. The number of carbonyl (C=O) groups is 1. The zero-order valence-electron chi connectivity index (χ0n) is 14.2. The van der Waals surface area contributed by atoms with Crippen molar-refractivity contribution in [3.05, 3.63) is 53.6 Å². The zero-order chi connectivity index (χ0) is 17.9. The molecule has 0 bridgehead atoms. The van der Waals surface area contributed by atoms with E-state index < -0.39 is 0 Å². The molecule has 5 nitrogen and oxygen atoms in total. The monoisotopic (exact) mass is 386 g/mol. The Hall–Kier alpha value is -2.15. The van der Waals surface area contributed by atoms with Crippen molar-refractivity contribution in [2.24, 2.45) is 0 Å². The van der Waals surface area contributed by atoms with E-state index in [1.807, 2.05) is 42.5 Å². The fraction of sp³-hybridized carbons (Fsp3) is 0.263. The Balaban J connectivity index is 1.30. The standard InChI is InChI=1S/C19H19ClN4OS/c20-14-4-3-5-15(12-14)24-10-8-23(9-11-24)13-18(25)22-19-21-16-6-1-2-7-17(16)26-19/h1-7,12H,8-11,13H2,(H,21,22,25). The fourth-order valence-electron chi connectivity index (χ4n) is 3.12. The van der Waals surface area contributed by atoms with Gasteiger partial charge in [-0.05, 0) is 30.3 Å². The topological polar surface area (TPSA) is 48.5 Å². The third-order valence-corrected chi connectivity index (χ3v) is 5.64. The highest BCUT2D eigenvalue weighted by Gasteiger charge is 2.20. The van der Waals surface area contributed by atoms with E-state index in [2.05, 4.69) is 26.2 Å². The summed E-state index contributed by atoms with van der Waals surface area (Å²) in [4.78, 5) is 21.3. The molecule has 1 aliphatic heterocycles. The van der Waals surface area contributed by atoms with Gasteiger partial charge in [-0.25, -0.2) is 4.98 Å². The van der Waals surface area contributed by atoms with Crippen molar-refractivity contribution in [3.8, 4) is 0 Å². The molecular weight excluding hydrogens is 368 g/mol. The van der Waals surface area contributed by atoms with E-state index in [1.54, 1.807) is 0 Å². The summed E-state index contributed by atoms with van der Waals surface area (Å²) in [6, 6.07) is 15.8. The minimum absolute atomic E-state index is 0.0136. The number of hydrogen-bond donors (Lipinski definition) is 1. The van der Waals surface area contributed by atoms with Crippen molar-refractivity contribution < 1.29 is 4.79 Å². The molecule has 0 radical (unpaired) electrons. The highest BCUT2D eigenvalue weighted by molar-refractivity contribution is 7.22. The molecular formula is C19H19ClN4OS. The lowest BCUT2D eigenvalue weighted by atomic mass is 10.2. The fourth-order valence-corrected chi connectivity index (χ4v) is 4.19. The van der Waals surface area contributed by atoms with Crippen LogP contribution in [-0.2, 0) is 4.79 Å². The molecule has 2 aromatic carbocycles. The van der Waals surface area contributed by atoms with E-state index in [4.69, 9.17) is 11.6 Å². The van der Waals surface area contributed by atoms with E-state index in [1.165, 1.54) is 11.3 Å². The van der Waals surface area contributed by atoms with Crippen molar-refractivity contribution >= 4 is 49.9 Å². The summed E-state index contributed by atoms with van der Waals surface area (Å²) in [6.45, 7) is 3.85. The molecule has 7 heteroatoms. The lowest BCUT2D eigenvalue weighted by Crippen LogP contribution is -2.48. The van der Waals surface area contributed by atoms with E-state index in [9.17, 15) is 4.79 Å². The number of para-hydroxylation sites is 1. The van der Waals surface area contributed by atoms with Crippen LogP contribution in [0.3, 0.4) is 0 Å². The van der Waals surface area contributed by atoms with Crippen molar-refractivity contribution in [2.45, 2.75) is 0 Å². The first-order chi connectivity index (χ1) is 12.7. The predicted octanol–water partition coefficient (Wildman–Crippen LogP) is 3.71. The van der Waals surface area contributed by atoms with Gasteiger partial charge in [0.25, 0.3) is 0 Å². The number of benzene rings is 2. The maximum Gasteiger partial charge on any atom is 0.240 e. The summed E-state index contributed by atoms with van der Waals surface area (Å²) in [7, 11) is 0. The molecule has 0 saturated carbocycles. The Bertz CT molecular complexity index is 888. The second-order valence-electron chi connectivity index (χ2n) is 6.28. The lowest BCUT2D eigenvalue weighted by Gasteiger charge is -2.35. The summed E-state index contributed by atoms with van der Waals surface area (Å²) < 4.78 is 1.08. The van der Waals surface area contributed by atoms with Gasteiger partial charge in [0, 0.05) is 36.9 Å². The van der Waals surface area contributed by atoms with E-state index in [0.29, 0.717) is 11.7 Å². The maximum atomic E-state index is 12.3. The van der Waals surface area contributed by atoms with Crippen molar-refractivity contribution in [1.82, 2.24) is 9.88 Å². The third-order valence-electron chi connectivity index (χ3n) is 4.45. The normalized spacial score (nSPS) is 15.3. The number of carbonyl (C=O) groups excluding carboxylic acids is 1. The first-order valence-corrected chi connectivity index (χ1v) is 9.75. The van der Waals surface area contributed by atoms with Gasteiger partial charge in [-0.2, -0.15) is 0 Å². The predicted molar refractivity (Wildman–Crippen MR) is 108 cm³/mol. The molecule has 1 aromatic heterocycles. The van der Waals surface area contributed by atoms with Crippen LogP contribution in [0.2, 0.25) is 5.02 Å². The van der Waals surface area contributed by atoms with Crippen LogP contribution in [-0.4, -0.2) is 48.5 Å². The Morgan fingerprint density at radius 2 is 1.92 bits per heavy atom. The van der Waals surface area contributed by atoms with Crippen molar-refractivity contribution in [2.75, 3.05) is 42.9 Å². The van der Waals surface area contributed by atoms with E-state index >= 15 is 0 Å². The summed E-state index contributed by atoms with van der Waals surface area (Å²) in [5.41, 5.74) is 2.05. The smallest absolute Gasteiger partial charge is 0.240 e. The number of fused-ring (bicyclic) bond motifs is 1. The first-order valence-electron chi connectivity index (χ1n) is 8.56. The van der Waals surface area contributed by atoms with Gasteiger partial charge >= 0.3 is 0 Å². The van der Waals surface area contributed by atoms with Crippen molar-refractivity contribution in [1.29, 1.82) is 0 Å². The van der Waals surface area contributed by atoms with Crippen LogP contribution in [0.5, 0.6) is 0 Å². The number of nitrogens with zero attached hydrogens (tertiary/aromatic N) is 3. The molecule has 0 spiro atoms. The van der Waals surface area contributed by atoms with Crippen LogP contribution in [0.25, 0.3) is 10.2 Å². The maximum absolute atomic E-state index is 12.3. The number of anilines is 2. The molecule has 134 valence electrons. The summed E-state index contributed by atoms with van der Waals surface area (Å²) in [5, 5.41) is 4.34. The first kappa shape index (κ1) is 17.3.